The molecule has 0 aliphatic carbocycles. The Morgan fingerprint density at radius 3 is 3.00 bits per heavy atom. The predicted octanol–water partition coefficient (Wildman–Crippen LogP) is 3.76. The fraction of sp³-hybridized carbons (Fsp3) is 0.714. The van der Waals surface area contributed by atoms with Crippen LogP contribution in [0.25, 0.3) is 0 Å². The van der Waals surface area contributed by atoms with Crippen LogP contribution >= 0.6 is 22.9 Å². The van der Waals surface area contributed by atoms with Crippen molar-refractivity contribution >= 4 is 22.9 Å². The number of hydrogen-bond acceptors (Lipinski definition) is 3. The van der Waals surface area contributed by atoms with Crippen molar-refractivity contribution in [3.8, 4) is 0 Å². The first-order chi connectivity index (χ1) is 8.78. The molecule has 1 saturated heterocycles. The van der Waals surface area contributed by atoms with Crippen LogP contribution in [-0.4, -0.2) is 30.6 Å². The standard InChI is InChI=1S/C14H23ClN2S/c1-2-8-17-9-3-4-12(7-10-17)16-11-13-5-6-14(15)18-13/h5-6,12,16H,2-4,7-11H2,1H3. The number of nitrogens with zero attached hydrogens (tertiary/aromatic N) is 1. The quantitative estimate of drug-likeness (QED) is 0.887. The predicted molar refractivity (Wildman–Crippen MR) is 80.5 cm³/mol. The summed E-state index contributed by atoms with van der Waals surface area (Å²) in [4.78, 5) is 3.94. The van der Waals surface area contributed by atoms with Crippen LogP contribution in [0, 0.1) is 0 Å². The highest BCUT2D eigenvalue weighted by atomic mass is 35.5. The van der Waals surface area contributed by atoms with Crippen LogP contribution in [0.4, 0.5) is 0 Å². The van der Waals surface area contributed by atoms with Gasteiger partial charge in [0.1, 0.15) is 0 Å². The molecule has 1 atom stereocenters. The van der Waals surface area contributed by atoms with Gasteiger partial charge >= 0.3 is 0 Å². The molecule has 18 heavy (non-hydrogen) atoms. The molecule has 1 aliphatic rings. The summed E-state index contributed by atoms with van der Waals surface area (Å²) in [6, 6.07) is 4.78. The first-order valence-electron chi connectivity index (χ1n) is 6.98. The monoisotopic (exact) mass is 286 g/mol. The van der Waals surface area contributed by atoms with Crippen molar-refractivity contribution in [3.05, 3.63) is 21.3 Å². The second-order valence-electron chi connectivity index (χ2n) is 5.06. The minimum Gasteiger partial charge on any atom is -0.309 e. The van der Waals surface area contributed by atoms with Gasteiger partial charge in [-0.25, -0.2) is 0 Å². The Morgan fingerprint density at radius 1 is 1.39 bits per heavy atom. The van der Waals surface area contributed by atoms with Crippen LogP contribution in [0.3, 0.4) is 0 Å². The fourth-order valence-electron chi connectivity index (χ4n) is 2.59. The SMILES string of the molecule is CCCN1CCCC(NCc2ccc(Cl)s2)CC1. The van der Waals surface area contributed by atoms with E-state index in [2.05, 4.69) is 23.2 Å². The van der Waals surface area contributed by atoms with Crippen molar-refractivity contribution in [2.24, 2.45) is 0 Å². The molecule has 2 nitrogen and oxygen atoms in total. The molecule has 1 N–H and O–H groups in total. The number of halogens is 1. The molecule has 4 heteroatoms. The van der Waals surface area contributed by atoms with Crippen LogP contribution in [0.1, 0.15) is 37.5 Å². The van der Waals surface area contributed by atoms with E-state index in [9.17, 15) is 0 Å². The third-order valence-electron chi connectivity index (χ3n) is 3.55. The molecule has 0 spiro atoms. The molecule has 1 aromatic heterocycles. The Bertz CT molecular complexity index is 353. The molecule has 1 aromatic rings. The summed E-state index contributed by atoms with van der Waals surface area (Å²) in [6.45, 7) is 7.01. The topological polar surface area (TPSA) is 15.3 Å². The highest BCUT2D eigenvalue weighted by molar-refractivity contribution is 7.16. The lowest BCUT2D eigenvalue weighted by Crippen LogP contribution is -2.30. The van der Waals surface area contributed by atoms with Gasteiger partial charge in [-0.3, -0.25) is 0 Å². The van der Waals surface area contributed by atoms with Gasteiger partial charge in [0.25, 0.3) is 0 Å². The van der Waals surface area contributed by atoms with Crippen molar-refractivity contribution < 1.29 is 0 Å². The smallest absolute Gasteiger partial charge is 0.0931 e. The molecule has 1 fully saturated rings. The maximum atomic E-state index is 5.95. The van der Waals surface area contributed by atoms with Gasteiger partial charge in [0.2, 0.25) is 0 Å². The lowest BCUT2D eigenvalue weighted by atomic mass is 10.1. The molecule has 0 radical (unpaired) electrons. The largest absolute Gasteiger partial charge is 0.309 e. The molecule has 0 bridgehead atoms. The number of thiophene rings is 1. The van der Waals surface area contributed by atoms with E-state index in [1.165, 1.54) is 50.2 Å². The molecule has 0 saturated carbocycles. The van der Waals surface area contributed by atoms with Crippen molar-refractivity contribution in [3.63, 3.8) is 0 Å². The second kappa shape index (κ2) is 7.49. The Labute approximate surface area is 119 Å². The number of nitrogens with one attached hydrogen (secondary N) is 1. The van der Waals surface area contributed by atoms with Gasteiger partial charge in [0, 0.05) is 17.5 Å². The first kappa shape index (κ1) is 14.3. The molecule has 0 aromatic carbocycles. The summed E-state index contributed by atoms with van der Waals surface area (Å²) in [5.41, 5.74) is 0. The summed E-state index contributed by atoms with van der Waals surface area (Å²) in [5.74, 6) is 0. The molecular formula is C14H23ClN2S. The Morgan fingerprint density at radius 2 is 2.28 bits per heavy atom. The molecule has 1 unspecified atom stereocenters. The van der Waals surface area contributed by atoms with Crippen molar-refractivity contribution in [1.82, 2.24) is 10.2 Å². The van der Waals surface area contributed by atoms with Gasteiger partial charge in [0.15, 0.2) is 0 Å². The first-order valence-corrected chi connectivity index (χ1v) is 8.17. The lowest BCUT2D eigenvalue weighted by Gasteiger charge is -2.19. The average molecular weight is 287 g/mol. The van der Waals surface area contributed by atoms with Crippen molar-refractivity contribution in [1.29, 1.82) is 0 Å². The van der Waals surface area contributed by atoms with Gasteiger partial charge in [-0.15, -0.1) is 11.3 Å². The molecule has 2 rings (SSSR count). The Balaban J connectivity index is 1.73. The van der Waals surface area contributed by atoms with Crippen LogP contribution in [0.2, 0.25) is 4.34 Å². The van der Waals surface area contributed by atoms with E-state index >= 15 is 0 Å². The van der Waals surface area contributed by atoms with Crippen LogP contribution < -0.4 is 5.32 Å². The maximum absolute atomic E-state index is 5.95. The van der Waals surface area contributed by atoms with Crippen LogP contribution in [0.5, 0.6) is 0 Å². The van der Waals surface area contributed by atoms with Crippen LogP contribution in [0.15, 0.2) is 12.1 Å². The number of rotatable bonds is 5. The van der Waals surface area contributed by atoms with E-state index in [1.807, 2.05) is 6.07 Å². The molecule has 102 valence electrons. The minimum atomic E-state index is 0.674. The summed E-state index contributed by atoms with van der Waals surface area (Å²) >= 11 is 7.63. The lowest BCUT2D eigenvalue weighted by molar-refractivity contribution is 0.282. The maximum Gasteiger partial charge on any atom is 0.0931 e. The van der Waals surface area contributed by atoms with E-state index in [-0.39, 0.29) is 0 Å². The molecule has 0 amide bonds. The van der Waals surface area contributed by atoms with E-state index in [0.29, 0.717) is 6.04 Å². The third kappa shape index (κ3) is 4.54. The van der Waals surface area contributed by atoms with E-state index < -0.39 is 0 Å². The van der Waals surface area contributed by atoms with Gasteiger partial charge in [-0.05, 0) is 57.5 Å². The van der Waals surface area contributed by atoms with Gasteiger partial charge in [-0.1, -0.05) is 18.5 Å². The summed E-state index contributed by atoms with van der Waals surface area (Å²) in [5, 5.41) is 3.68. The third-order valence-corrected chi connectivity index (χ3v) is 4.79. The van der Waals surface area contributed by atoms with Crippen LogP contribution in [-0.2, 0) is 6.54 Å². The van der Waals surface area contributed by atoms with Gasteiger partial charge in [0.05, 0.1) is 4.34 Å². The minimum absolute atomic E-state index is 0.674. The molecular weight excluding hydrogens is 264 g/mol. The Hall–Kier alpha value is -0.0900. The highest BCUT2D eigenvalue weighted by Crippen LogP contribution is 2.21. The van der Waals surface area contributed by atoms with Gasteiger partial charge < -0.3 is 10.2 Å². The second-order valence-corrected chi connectivity index (χ2v) is 6.86. The molecule has 1 aliphatic heterocycles. The van der Waals surface area contributed by atoms with E-state index in [4.69, 9.17) is 11.6 Å². The summed E-state index contributed by atoms with van der Waals surface area (Å²) < 4.78 is 0.891. The highest BCUT2D eigenvalue weighted by Gasteiger charge is 2.16. The zero-order valence-corrected chi connectivity index (χ0v) is 12.7. The van der Waals surface area contributed by atoms with Crippen molar-refractivity contribution in [2.75, 3.05) is 19.6 Å². The van der Waals surface area contributed by atoms with E-state index in [1.54, 1.807) is 11.3 Å². The zero-order chi connectivity index (χ0) is 12.8. The summed E-state index contributed by atoms with van der Waals surface area (Å²) in [7, 11) is 0. The Kier molecular flexibility index (Phi) is 5.96. The van der Waals surface area contributed by atoms with Gasteiger partial charge in [-0.2, -0.15) is 0 Å². The zero-order valence-electron chi connectivity index (χ0n) is 11.1. The number of hydrogen-bond donors (Lipinski definition) is 1. The normalized spacial score (nSPS) is 22.0. The molecule has 2 heterocycles. The van der Waals surface area contributed by atoms with E-state index in [0.717, 1.165) is 10.9 Å². The number of likely N-dealkylation sites (tertiary alicyclic amines) is 1. The fourth-order valence-corrected chi connectivity index (χ4v) is 3.63. The summed E-state index contributed by atoms with van der Waals surface area (Å²) in [6.07, 6.45) is 5.17. The van der Waals surface area contributed by atoms with Crippen molar-refractivity contribution in [2.45, 2.75) is 45.2 Å². The average Bonchev–Trinajstić information content (AvgIpc) is 2.64.